The van der Waals surface area contributed by atoms with Crippen molar-refractivity contribution in [3.8, 4) is 11.5 Å². The molecule has 0 aliphatic carbocycles. The summed E-state index contributed by atoms with van der Waals surface area (Å²) >= 11 is 7.43. The summed E-state index contributed by atoms with van der Waals surface area (Å²) in [5.74, 6) is -0.261. The Hall–Kier alpha value is -1.65. The second-order valence-electron chi connectivity index (χ2n) is 3.67. The lowest BCUT2D eigenvalue weighted by atomic mass is 10.2. The van der Waals surface area contributed by atoms with E-state index in [4.69, 9.17) is 16.3 Å². The monoisotopic (exact) mass is 294 g/mol. The van der Waals surface area contributed by atoms with Crippen LogP contribution in [0.4, 0.5) is 0 Å². The number of benzene rings is 2. The van der Waals surface area contributed by atoms with Gasteiger partial charge in [0.2, 0.25) is 0 Å². The average molecular weight is 295 g/mol. The first-order chi connectivity index (χ1) is 9.13. The highest BCUT2D eigenvalue weighted by Gasteiger charge is 2.16. The maximum Gasteiger partial charge on any atom is 0.341 e. The van der Waals surface area contributed by atoms with Gasteiger partial charge >= 0.3 is 5.97 Å². The quantitative estimate of drug-likeness (QED) is 0.840. The third-order valence-electron chi connectivity index (χ3n) is 2.48. The predicted molar refractivity (Wildman–Crippen MR) is 76.7 cm³/mol. The van der Waals surface area contributed by atoms with Crippen LogP contribution in [0.1, 0.15) is 10.4 Å². The smallest absolute Gasteiger partial charge is 0.341 e. The molecule has 2 aromatic carbocycles. The molecular weight excluding hydrogens is 284 g/mol. The molecule has 0 atom stereocenters. The third kappa shape index (κ3) is 3.03. The molecule has 0 saturated heterocycles. The fourth-order valence-corrected chi connectivity index (χ4v) is 2.39. The van der Waals surface area contributed by atoms with Gasteiger partial charge in [-0.1, -0.05) is 29.8 Å². The maximum atomic E-state index is 11.2. The number of carboxylic acid groups (broad SMARTS) is 1. The topological polar surface area (TPSA) is 46.5 Å². The van der Waals surface area contributed by atoms with Crippen molar-refractivity contribution in [2.75, 3.05) is 6.26 Å². The van der Waals surface area contributed by atoms with Crippen LogP contribution in [-0.4, -0.2) is 17.3 Å². The fourth-order valence-electron chi connectivity index (χ4n) is 1.62. The van der Waals surface area contributed by atoms with E-state index in [1.807, 2.05) is 24.5 Å². The van der Waals surface area contributed by atoms with Crippen molar-refractivity contribution in [2.24, 2.45) is 0 Å². The predicted octanol–water partition coefficient (Wildman–Crippen LogP) is 4.55. The minimum Gasteiger partial charge on any atom is -0.478 e. The second kappa shape index (κ2) is 5.99. The number of hydrogen-bond donors (Lipinski definition) is 1. The SMILES string of the molecule is CSc1ccccc1Oc1cccc(Cl)c1C(=O)O. The first kappa shape index (κ1) is 13.8. The molecule has 0 bridgehead atoms. The molecule has 0 aromatic heterocycles. The van der Waals surface area contributed by atoms with Crippen molar-refractivity contribution in [3.63, 3.8) is 0 Å². The molecule has 0 aliphatic heterocycles. The van der Waals surface area contributed by atoms with Crippen LogP contribution in [0.3, 0.4) is 0 Å². The van der Waals surface area contributed by atoms with Crippen molar-refractivity contribution < 1.29 is 14.6 Å². The molecule has 2 rings (SSSR count). The average Bonchev–Trinajstić information content (AvgIpc) is 2.39. The molecule has 0 amide bonds. The summed E-state index contributed by atoms with van der Waals surface area (Å²) in [6.07, 6.45) is 1.93. The number of halogens is 1. The molecule has 0 heterocycles. The molecule has 98 valence electrons. The zero-order valence-electron chi connectivity index (χ0n) is 10.1. The first-order valence-electron chi connectivity index (χ1n) is 5.46. The Morgan fingerprint density at radius 2 is 1.84 bits per heavy atom. The number of aromatic carboxylic acids is 1. The minimum atomic E-state index is -1.11. The van der Waals surface area contributed by atoms with Gasteiger partial charge in [-0.15, -0.1) is 11.8 Å². The molecule has 1 N–H and O–H groups in total. The van der Waals surface area contributed by atoms with Crippen LogP contribution in [0.25, 0.3) is 0 Å². The zero-order chi connectivity index (χ0) is 13.8. The van der Waals surface area contributed by atoms with E-state index in [2.05, 4.69) is 0 Å². The largest absolute Gasteiger partial charge is 0.478 e. The molecular formula is C14H11ClO3S. The fraction of sp³-hybridized carbons (Fsp3) is 0.0714. The van der Waals surface area contributed by atoms with E-state index in [-0.39, 0.29) is 16.3 Å². The van der Waals surface area contributed by atoms with E-state index in [1.165, 1.54) is 17.8 Å². The Balaban J connectivity index is 2.44. The molecule has 19 heavy (non-hydrogen) atoms. The van der Waals surface area contributed by atoms with Gasteiger partial charge in [-0.3, -0.25) is 0 Å². The lowest BCUT2D eigenvalue weighted by molar-refractivity contribution is 0.0694. The van der Waals surface area contributed by atoms with Gasteiger partial charge in [-0.05, 0) is 30.5 Å². The van der Waals surface area contributed by atoms with Crippen molar-refractivity contribution in [1.29, 1.82) is 0 Å². The van der Waals surface area contributed by atoms with Crippen LogP contribution in [-0.2, 0) is 0 Å². The number of carboxylic acids is 1. The maximum absolute atomic E-state index is 11.2. The van der Waals surface area contributed by atoms with E-state index in [1.54, 1.807) is 18.2 Å². The van der Waals surface area contributed by atoms with Crippen molar-refractivity contribution in [3.05, 3.63) is 53.1 Å². The van der Waals surface area contributed by atoms with Crippen LogP contribution in [0.5, 0.6) is 11.5 Å². The van der Waals surface area contributed by atoms with Crippen LogP contribution >= 0.6 is 23.4 Å². The first-order valence-corrected chi connectivity index (χ1v) is 7.06. The van der Waals surface area contributed by atoms with Gasteiger partial charge in [0, 0.05) is 4.90 Å². The van der Waals surface area contributed by atoms with Gasteiger partial charge in [0.15, 0.2) is 0 Å². The van der Waals surface area contributed by atoms with Gasteiger partial charge in [0.05, 0.1) is 5.02 Å². The third-order valence-corrected chi connectivity index (χ3v) is 3.57. The molecule has 0 saturated carbocycles. The van der Waals surface area contributed by atoms with Gasteiger partial charge in [-0.25, -0.2) is 4.79 Å². The minimum absolute atomic E-state index is 0.0277. The summed E-state index contributed by atoms with van der Waals surface area (Å²) in [5.41, 5.74) is -0.0277. The lowest BCUT2D eigenvalue weighted by Gasteiger charge is -2.12. The van der Waals surface area contributed by atoms with Gasteiger partial charge in [0.25, 0.3) is 0 Å². The number of carbonyl (C=O) groups is 1. The Morgan fingerprint density at radius 3 is 2.53 bits per heavy atom. The Morgan fingerprint density at radius 1 is 1.16 bits per heavy atom. The molecule has 2 aromatic rings. The Kier molecular flexibility index (Phi) is 4.35. The van der Waals surface area contributed by atoms with Gasteiger partial charge in [-0.2, -0.15) is 0 Å². The van der Waals surface area contributed by atoms with Crippen LogP contribution in [0.15, 0.2) is 47.4 Å². The summed E-state index contributed by atoms with van der Waals surface area (Å²) in [5, 5.41) is 9.34. The van der Waals surface area contributed by atoms with E-state index in [0.29, 0.717) is 5.75 Å². The highest BCUT2D eigenvalue weighted by molar-refractivity contribution is 7.98. The van der Waals surface area contributed by atoms with Crippen molar-refractivity contribution in [1.82, 2.24) is 0 Å². The van der Waals surface area contributed by atoms with Crippen LogP contribution < -0.4 is 4.74 Å². The number of ether oxygens (including phenoxy) is 1. The standard InChI is InChI=1S/C14H11ClO3S/c1-19-12-8-3-2-6-10(12)18-11-7-4-5-9(15)13(11)14(16)17/h2-8H,1H3,(H,16,17). The number of hydrogen-bond acceptors (Lipinski definition) is 3. The van der Waals surface area contributed by atoms with E-state index in [0.717, 1.165) is 4.90 Å². The van der Waals surface area contributed by atoms with Crippen molar-refractivity contribution in [2.45, 2.75) is 4.90 Å². The number of thioether (sulfide) groups is 1. The normalized spacial score (nSPS) is 10.2. The molecule has 0 fully saturated rings. The van der Waals surface area contributed by atoms with Crippen LogP contribution in [0, 0.1) is 0 Å². The number of rotatable bonds is 4. The summed E-state index contributed by atoms with van der Waals surface area (Å²) in [7, 11) is 0. The number of para-hydroxylation sites is 1. The molecule has 0 unspecified atom stereocenters. The van der Waals surface area contributed by atoms with Crippen molar-refractivity contribution >= 4 is 29.3 Å². The molecule has 0 radical (unpaired) electrons. The molecule has 3 nitrogen and oxygen atoms in total. The summed E-state index contributed by atoms with van der Waals surface area (Å²) in [6, 6.07) is 12.2. The van der Waals surface area contributed by atoms with Gasteiger partial charge in [0.1, 0.15) is 17.1 Å². The Labute approximate surface area is 120 Å². The summed E-state index contributed by atoms with van der Waals surface area (Å²) < 4.78 is 5.69. The van der Waals surface area contributed by atoms with E-state index in [9.17, 15) is 9.90 Å². The summed E-state index contributed by atoms with van der Waals surface area (Å²) in [6.45, 7) is 0. The van der Waals surface area contributed by atoms with Crippen LogP contribution in [0.2, 0.25) is 5.02 Å². The lowest BCUT2D eigenvalue weighted by Crippen LogP contribution is -2.01. The molecule has 0 aliphatic rings. The van der Waals surface area contributed by atoms with Gasteiger partial charge < -0.3 is 9.84 Å². The van der Waals surface area contributed by atoms with E-state index < -0.39 is 5.97 Å². The highest BCUT2D eigenvalue weighted by atomic mass is 35.5. The summed E-state index contributed by atoms with van der Waals surface area (Å²) in [4.78, 5) is 12.1. The zero-order valence-corrected chi connectivity index (χ0v) is 11.7. The Bertz CT molecular complexity index is 613. The van der Waals surface area contributed by atoms with E-state index >= 15 is 0 Å². The highest BCUT2D eigenvalue weighted by Crippen LogP contribution is 2.34. The molecule has 5 heteroatoms. The molecule has 0 spiro atoms. The second-order valence-corrected chi connectivity index (χ2v) is 4.93.